The molecule has 1 aliphatic heterocycles. The molecule has 0 saturated carbocycles. The van der Waals surface area contributed by atoms with Crippen molar-refractivity contribution in [1.29, 1.82) is 0 Å². The topological polar surface area (TPSA) is 56.3 Å². The molecular formula is C16H19FN2O2. The number of hydrogen-bond acceptors (Lipinski definition) is 3. The molecule has 4 nitrogen and oxygen atoms in total. The molecule has 0 amide bonds. The third-order valence-electron chi connectivity index (χ3n) is 4.20. The van der Waals surface area contributed by atoms with Gasteiger partial charge >= 0.3 is 0 Å². The Morgan fingerprint density at radius 1 is 1.38 bits per heavy atom. The van der Waals surface area contributed by atoms with Gasteiger partial charge in [0.2, 0.25) is 0 Å². The number of para-hydroxylation sites is 1. The van der Waals surface area contributed by atoms with E-state index in [1.165, 1.54) is 12.1 Å². The van der Waals surface area contributed by atoms with Crippen molar-refractivity contribution in [2.45, 2.75) is 31.8 Å². The lowest BCUT2D eigenvalue weighted by Gasteiger charge is -2.34. The molecule has 0 radical (unpaired) electrons. The summed E-state index contributed by atoms with van der Waals surface area (Å²) in [6.07, 6.45) is 3.16. The lowest BCUT2D eigenvalue weighted by atomic mass is 10.0. The average molecular weight is 290 g/mol. The number of nitrogens with zero attached hydrogens (tertiary/aromatic N) is 1. The number of rotatable bonds is 3. The molecule has 1 fully saturated rings. The summed E-state index contributed by atoms with van der Waals surface area (Å²) in [5.74, 6) is -0.413. The van der Waals surface area contributed by atoms with Crippen LogP contribution in [0.5, 0.6) is 0 Å². The lowest BCUT2D eigenvalue weighted by molar-refractivity contribution is 0.0831. The van der Waals surface area contributed by atoms with E-state index in [1.54, 1.807) is 12.1 Å². The third-order valence-corrected chi connectivity index (χ3v) is 4.20. The van der Waals surface area contributed by atoms with E-state index in [1.807, 2.05) is 0 Å². The van der Waals surface area contributed by atoms with Crippen molar-refractivity contribution in [3.8, 4) is 0 Å². The SMILES string of the molecule is O=c1cc(CN2CCCCC2CO)[nH]c2c(F)cccc12. The summed E-state index contributed by atoms with van der Waals surface area (Å²) < 4.78 is 13.8. The van der Waals surface area contributed by atoms with Crippen LogP contribution in [-0.4, -0.2) is 34.2 Å². The first-order valence-corrected chi connectivity index (χ1v) is 7.34. The van der Waals surface area contributed by atoms with Crippen LogP contribution < -0.4 is 5.43 Å². The van der Waals surface area contributed by atoms with Crippen molar-refractivity contribution in [1.82, 2.24) is 9.88 Å². The number of aliphatic hydroxyl groups excluding tert-OH is 1. The molecule has 0 spiro atoms. The molecule has 1 saturated heterocycles. The van der Waals surface area contributed by atoms with Crippen LogP contribution in [-0.2, 0) is 6.54 Å². The van der Waals surface area contributed by atoms with Gasteiger partial charge in [-0.1, -0.05) is 12.5 Å². The number of piperidine rings is 1. The molecule has 2 aromatic rings. The van der Waals surface area contributed by atoms with E-state index < -0.39 is 5.82 Å². The maximum atomic E-state index is 13.8. The third kappa shape index (κ3) is 2.84. The Hall–Kier alpha value is -1.72. The zero-order chi connectivity index (χ0) is 14.8. The van der Waals surface area contributed by atoms with Crippen LogP contribution in [0.3, 0.4) is 0 Å². The number of hydrogen-bond donors (Lipinski definition) is 2. The van der Waals surface area contributed by atoms with E-state index in [2.05, 4.69) is 9.88 Å². The highest BCUT2D eigenvalue weighted by atomic mass is 19.1. The van der Waals surface area contributed by atoms with Gasteiger partial charge in [-0.15, -0.1) is 0 Å². The van der Waals surface area contributed by atoms with E-state index in [0.29, 0.717) is 17.6 Å². The van der Waals surface area contributed by atoms with E-state index in [0.717, 1.165) is 25.8 Å². The lowest BCUT2D eigenvalue weighted by Crippen LogP contribution is -2.41. The number of benzene rings is 1. The van der Waals surface area contributed by atoms with E-state index >= 15 is 0 Å². The number of likely N-dealkylation sites (tertiary alicyclic amines) is 1. The van der Waals surface area contributed by atoms with Gasteiger partial charge in [-0.2, -0.15) is 0 Å². The zero-order valence-electron chi connectivity index (χ0n) is 11.8. The number of halogens is 1. The highest BCUT2D eigenvalue weighted by molar-refractivity contribution is 5.78. The van der Waals surface area contributed by atoms with E-state index in [4.69, 9.17) is 0 Å². The van der Waals surface area contributed by atoms with Crippen LogP contribution in [0, 0.1) is 5.82 Å². The molecule has 1 atom stereocenters. The summed E-state index contributed by atoms with van der Waals surface area (Å²) in [6.45, 7) is 1.54. The minimum Gasteiger partial charge on any atom is -0.395 e. The van der Waals surface area contributed by atoms with Crippen molar-refractivity contribution in [3.05, 3.63) is 46.0 Å². The van der Waals surface area contributed by atoms with Crippen LogP contribution in [0.4, 0.5) is 4.39 Å². The van der Waals surface area contributed by atoms with Crippen molar-refractivity contribution in [2.24, 2.45) is 0 Å². The summed E-state index contributed by atoms with van der Waals surface area (Å²) in [4.78, 5) is 17.3. The molecule has 112 valence electrons. The fraction of sp³-hybridized carbons (Fsp3) is 0.438. The van der Waals surface area contributed by atoms with Crippen molar-refractivity contribution >= 4 is 10.9 Å². The highest BCUT2D eigenvalue weighted by Gasteiger charge is 2.22. The minimum atomic E-state index is -0.413. The quantitative estimate of drug-likeness (QED) is 0.909. The maximum absolute atomic E-state index is 13.8. The molecule has 21 heavy (non-hydrogen) atoms. The zero-order valence-corrected chi connectivity index (χ0v) is 11.8. The normalized spacial score (nSPS) is 20.0. The highest BCUT2D eigenvalue weighted by Crippen LogP contribution is 2.19. The van der Waals surface area contributed by atoms with E-state index in [9.17, 15) is 14.3 Å². The first-order chi connectivity index (χ1) is 10.2. The number of aromatic nitrogens is 1. The van der Waals surface area contributed by atoms with Crippen LogP contribution in [0.15, 0.2) is 29.1 Å². The number of pyridine rings is 1. The molecule has 2 N–H and O–H groups in total. The molecular weight excluding hydrogens is 271 g/mol. The predicted octanol–water partition coefficient (Wildman–Crippen LogP) is 2.01. The van der Waals surface area contributed by atoms with Gasteiger partial charge < -0.3 is 10.1 Å². The Labute approximate surface area is 122 Å². The van der Waals surface area contributed by atoms with Gasteiger partial charge in [-0.3, -0.25) is 9.69 Å². The molecule has 3 rings (SSSR count). The maximum Gasteiger partial charge on any atom is 0.189 e. The number of aliphatic hydroxyl groups is 1. The fourth-order valence-corrected chi connectivity index (χ4v) is 3.07. The summed E-state index contributed by atoms with van der Waals surface area (Å²) in [7, 11) is 0. The number of aromatic amines is 1. The second-order valence-electron chi connectivity index (χ2n) is 5.62. The molecule has 1 unspecified atom stereocenters. The van der Waals surface area contributed by atoms with Crippen LogP contribution >= 0.6 is 0 Å². The first kappa shape index (κ1) is 14.2. The van der Waals surface area contributed by atoms with E-state index in [-0.39, 0.29) is 23.6 Å². The monoisotopic (exact) mass is 290 g/mol. The van der Waals surface area contributed by atoms with Crippen LogP contribution in [0.25, 0.3) is 10.9 Å². The summed E-state index contributed by atoms with van der Waals surface area (Å²) >= 11 is 0. The number of H-pyrrole nitrogens is 1. The van der Waals surface area contributed by atoms with Gasteiger partial charge in [-0.05, 0) is 31.5 Å². The number of fused-ring (bicyclic) bond motifs is 1. The summed E-state index contributed by atoms with van der Waals surface area (Å²) in [5, 5.41) is 9.81. The van der Waals surface area contributed by atoms with Gasteiger partial charge in [0.05, 0.1) is 12.1 Å². The van der Waals surface area contributed by atoms with Crippen LogP contribution in [0.1, 0.15) is 25.0 Å². The Balaban J connectivity index is 1.94. The van der Waals surface area contributed by atoms with Gasteiger partial charge in [-0.25, -0.2) is 4.39 Å². The Kier molecular flexibility index (Phi) is 4.03. The smallest absolute Gasteiger partial charge is 0.189 e. The Morgan fingerprint density at radius 3 is 3.05 bits per heavy atom. The number of nitrogens with one attached hydrogen (secondary N) is 1. The van der Waals surface area contributed by atoms with Gasteiger partial charge in [0, 0.05) is 29.7 Å². The predicted molar refractivity (Wildman–Crippen MR) is 79.7 cm³/mol. The molecule has 2 heterocycles. The summed E-state index contributed by atoms with van der Waals surface area (Å²) in [5.41, 5.74) is 0.784. The molecule has 1 aliphatic rings. The second-order valence-corrected chi connectivity index (χ2v) is 5.62. The molecule has 1 aromatic carbocycles. The molecule has 0 aliphatic carbocycles. The fourth-order valence-electron chi connectivity index (χ4n) is 3.07. The Bertz CT molecular complexity index is 698. The standard InChI is InChI=1S/C16H19FN2O2/c17-14-6-3-5-13-15(21)8-11(18-16(13)14)9-19-7-2-1-4-12(19)10-20/h3,5-6,8,12,20H,1-2,4,7,9-10H2,(H,18,21). The molecule has 5 heteroatoms. The first-order valence-electron chi connectivity index (χ1n) is 7.34. The van der Waals surface area contributed by atoms with Crippen molar-refractivity contribution in [3.63, 3.8) is 0 Å². The molecule has 1 aromatic heterocycles. The largest absolute Gasteiger partial charge is 0.395 e. The van der Waals surface area contributed by atoms with Gasteiger partial charge in [0.25, 0.3) is 0 Å². The molecule has 0 bridgehead atoms. The van der Waals surface area contributed by atoms with Crippen molar-refractivity contribution in [2.75, 3.05) is 13.2 Å². The Morgan fingerprint density at radius 2 is 2.24 bits per heavy atom. The second kappa shape index (κ2) is 5.95. The van der Waals surface area contributed by atoms with Gasteiger partial charge in [0.15, 0.2) is 5.43 Å². The minimum absolute atomic E-state index is 0.117. The van der Waals surface area contributed by atoms with Crippen molar-refractivity contribution < 1.29 is 9.50 Å². The average Bonchev–Trinajstić information content (AvgIpc) is 2.49. The summed E-state index contributed by atoms with van der Waals surface area (Å²) in [6, 6.07) is 6.17. The van der Waals surface area contributed by atoms with Crippen LogP contribution in [0.2, 0.25) is 0 Å². The van der Waals surface area contributed by atoms with Gasteiger partial charge in [0.1, 0.15) is 5.82 Å².